The number of carbonyl (C=O) groups excluding carboxylic acids is 2. The van der Waals surface area contributed by atoms with E-state index in [1.807, 2.05) is 78.6 Å². The summed E-state index contributed by atoms with van der Waals surface area (Å²) in [7, 11) is -3.34. The van der Waals surface area contributed by atoms with Gasteiger partial charge in [0.15, 0.2) is 5.60 Å². The standard InChI is InChI=1S/C36H43FN4O4Si/c1-25-32(46(2,3)37)31(16-21-42)45-36(25)29-22-28(14-15-30(29)39(34(36)44)23-26-10-6-4-7-11-26)40-24-41(27-12-8-5-9-13-27)35(33(40)43)17-19-38-20-18-35/h4-15,22,25,31-32,38,42H,16-21,23-24H2,1-3H3/t25-,31+,32-,36+/m0/s1. The van der Waals surface area contributed by atoms with Crippen LogP contribution in [0, 0.1) is 5.92 Å². The molecule has 0 bridgehead atoms. The second kappa shape index (κ2) is 11.6. The number of nitrogens with one attached hydrogen (secondary N) is 1. The highest BCUT2D eigenvalue weighted by molar-refractivity contribution is 6.72. The summed E-state index contributed by atoms with van der Waals surface area (Å²) in [4.78, 5) is 35.1. The zero-order valence-corrected chi connectivity index (χ0v) is 27.8. The zero-order valence-electron chi connectivity index (χ0n) is 26.8. The van der Waals surface area contributed by atoms with Crippen molar-refractivity contribution in [3.05, 3.63) is 90.0 Å². The van der Waals surface area contributed by atoms with Crippen molar-refractivity contribution in [2.24, 2.45) is 5.92 Å². The molecule has 2 spiro atoms. The fourth-order valence-electron chi connectivity index (χ4n) is 8.69. The summed E-state index contributed by atoms with van der Waals surface area (Å²) in [6.07, 6.45) is 1.04. The van der Waals surface area contributed by atoms with Gasteiger partial charge in [-0.1, -0.05) is 55.5 Å². The van der Waals surface area contributed by atoms with Gasteiger partial charge in [-0.3, -0.25) is 14.5 Å². The molecule has 3 saturated heterocycles. The van der Waals surface area contributed by atoms with Gasteiger partial charge in [0.2, 0.25) is 8.41 Å². The highest BCUT2D eigenvalue weighted by Gasteiger charge is 2.67. The number of aliphatic hydroxyl groups is 1. The third kappa shape index (κ3) is 4.72. The van der Waals surface area contributed by atoms with E-state index in [9.17, 15) is 14.7 Å². The number of carbonyl (C=O) groups is 2. The Balaban J connectivity index is 1.35. The minimum absolute atomic E-state index is 0.0473. The van der Waals surface area contributed by atoms with E-state index < -0.39 is 37.1 Å². The largest absolute Gasteiger partial charge is 0.396 e. The number of piperidine rings is 1. The van der Waals surface area contributed by atoms with Gasteiger partial charge in [0.05, 0.1) is 25.0 Å². The normalized spacial score (nSPS) is 27.3. The summed E-state index contributed by atoms with van der Waals surface area (Å²) in [6.45, 7) is 7.33. The molecule has 4 atom stereocenters. The van der Waals surface area contributed by atoms with E-state index in [1.54, 1.807) is 18.0 Å². The van der Waals surface area contributed by atoms with E-state index in [0.717, 1.165) is 24.3 Å². The summed E-state index contributed by atoms with van der Waals surface area (Å²) >= 11 is 0. The van der Waals surface area contributed by atoms with Crippen molar-refractivity contribution < 1.29 is 23.5 Å². The van der Waals surface area contributed by atoms with Gasteiger partial charge in [0, 0.05) is 35.0 Å². The van der Waals surface area contributed by atoms with Crippen molar-refractivity contribution in [1.29, 1.82) is 0 Å². The van der Waals surface area contributed by atoms with E-state index >= 15 is 4.11 Å². The maximum absolute atomic E-state index is 16.1. The Morgan fingerprint density at radius 1 is 0.957 bits per heavy atom. The molecule has 3 aromatic rings. The van der Waals surface area contributed by atoms with Crippen LogP contribution in [0.25, 0.3) is 0 Å². The van der Waals surface area contributed by atoms with Crippen molar-refractivity contribution >= 4 is 37.3 Å². The first-order chi connectivity index (χ1) is 22.1. The monoisotopic (exact) mass is 642 g/mol. The minimum atomic E-state index is -3.34. The summed E-state index contributed by atoms with van der Waals surface area (Å²) in [6, 6.07) is 25.7. The number of amides is 2. The Morgan fingerprint density at radius 2 is 1.63 bits per heavy atom. The van der Waals surface area contributed by atoms with Crippen molar-refractivity contribution in [3.63, 3.8) is 0 Å². The molecule has 3 aromatic carbocycles. The van der Waals surface area contributed by atoms with Gasteiger partial charge in [-0.2, -0.15) is 0 Å². The number of hydrogen-bond acceptors (Lipinski definition) is 6. The predicted molar refractivity (Wildman–Crippen MR) is 180 cm³/mol. The van der Waals surface area contributed by atoms with Gasteiger partial charge in [-0.15, -0.1) is 0 Å². The molecular weight excluding hydrogens is 600 g/mol. The second-order valence-electron chi connectivity index (χ2n) is 13.8. The van der Waals surface area contributed by atoms with Crippen LogP contribution in [0.5, 0.6) is 0 Å². The fraction of sp³-hybridized carbons (Fsp3) is 0.444. The molecule has 46 heavy (non-hydrogen) atoms. The molecule has 8 nitrogen and oxygen atoms in total. The average Bonchev–Trinajstić information content (AvgIpc) is 3.60. The lowest BCUT2D eigenvalue weighted by atomic mass is 9.82. The molecule has 2 N–H and O–H groups in total. The summed E-state index contributed by atoms with van der Waals surface area (Å²) in [5.74, 6) is -0.636. The van der Waals surface area contributed by atoms with E-state index in [1.165, 1.54) is 0 Å². The van der Waals surface area contributed by atoms with E-state index in [4.69, 9.17) is 4.74 Å². The Morgan fingerprint density at radius 3 is 2.28 bits per heavy atom. The molecule has 0 saturated carbocycles. The van der Waals surface area contributed by atoms with Crippen LogP contribution in [-0.4, -0.2) is 63.3 Å². The summed E-state index contributed by atoms with van der Waals surface area (Å²) in [5, 5.41) is 13.4. The van der Waals surface area contributed by atoms with Crippen molar-refractivity contribution in [3.8, 4) is 0 Å². The number of halogens is 1. The average molecular weight is 643 g/mol. The third-order valence-electron chi connectivity index (χ3n) is 10.8. The van der Waals surface area contributed by atoms with Crippen LogP contribution >= 0.6 is 0 Å². The second-order valence-corrected chi connectivity index (χ2v) is 17.6. The number of nitrogens with zero attached hydrogens (tertiary/aromatic N) is 3. The van der Waals surface area contributed by atoms with Crippen LogP contribution in [0.3, 0.4) is 0 Å². The topological polar surface area (TPSA) is 85.3 Å². The number of hydrogen-bond donors (Lipinski definition) is 2. The Kier molecular flexibility index (Phi) is 7.82. The number of fused-ring (bicyclic) bond motifs is 2. The molecule has 0 aromatic heterocycles. The van der Waals surface area contributed by atoms with Gasteiger partial charge in [-0.25, -0.2) is 0 Å². The quantitative estimate of drug-likeness (QED) is 0.268. The molecular formula is C36H43FN4O4Si. The van der Waals surface area contributed by atoms with Crippen LogP contribution in [-0.2, 0) is 26.5 Å². The molecule has 2 amide bonds. The molecule has 10 heteroatoms. The van der Waals surface area contributed by atoms with Crippen LogP contribution in [0.2, 0.25) is 18.6 Å². The highest BCUT2D eigenvalue weighted by Crippen LogP contribution is 2.61. The van der Waals surface area contributed by atoms with Gasteiger partial charge >= 0.3 is 0 Å². The molecule has 0 aliphatic carbocycles. The Labute approximate surface area is 271 Å². The smallest absolute Gasteiger partial charge is 0.264 e. The Hall–Kier alpha value is -3.57. The summed E-state index contributed by atoms with van der Waals surface area (Å²) < 4.78 is 22.8. The van der Waals surface area contributed by atoms with E-state index in [2.05, 4.69) is 22.3 Å². The van der Waals surface area contributed by atoms with Crippen molar-refractivity contribution in [2.75, 3.05) is 41.1 Å². The lowest BCUT2D eigenvalue weighted by Gasteiger charge is -2.39. The number of benzene rings is 3. The maximum Gasteiger partial charge on any atom is 0.264 e. The SMILES string of the molecule is C[C@H]1[C@H]([Si](C)(C)F)[C@@H](CCO)O[C@]12C(=O)N(Cc1ccccc1)c1ccc(N3CN(c4ccccc4)C4(CCNCC4)C3=O)cc12. The van der Waals surface area contributed by atoms with Crippen LogP contribution in [0.15, 0.2) is 78.9 Å². The molecule has 0 radical (unpaired) electrons. The molecule has 3 fully saturated rings. The molecule has 4 heterocycles. The first-order valence-corrected chi connectivity index (χ1v) is 19.4. The van der Waals surface area contributed by atoms with Gasteiger partial charge < -0.3 is 29.1 Å². The number of anilines is 3. The number of ether oxygens (including phenoxy) is 1. The molecule has 242 valence electrons. The zero-order chi connectivity index (χ0) is 32.3. The third-order valence-corrected chi connectivity index (χ3v) is 13.3. The van der Waals surface area contributed by atoms with Gasteiger partial charge in [-0.05, 0) is 81.3 Å². The van der Waals surface area contributed by atoms with Gasteiger partial charge in [0.1, 0.15) is 5.54 Å². The molecule has 4 aliphatic rings. The molecule has 7 rings (SSSR count). The van der Waals surface area contributed by atoms with Crippen LogP contribution in [0.1, 0.15) is 37.3 Å². The van der Waals surface area contributed by atoms with Crippen LogP contribution in [0.4, 0.5) is 21.2 Å². The first kappa shape index (κ1) is 31.0. The maximum atomic E-state index is 16.1. The first-order valence-electron chi connectivity index (χ1n) is 16.5. The lowest BCUT2D eigenvalue weighted by Crippen LogP contribution is -2.55. The summed E-state index contributed by atoms with van der Waals surface area (Å²) in [5.41, 5.74) is 1.48. The minimum Gasteiger partial charge on any atom is -0.396 e. The Bertz CT molecular complexity index is 1610. The lowest BCUT2D eigenvalue weighted by molar-refractivity contribution is -0.146. The molecule has 0 unspecified atom stereocenters. The fourth-order valence-corrected chi connectivity index (χ4v) is 11.2. The van der Waals surface area contributed by atoms with E-state index in [-0.39, 0.29) is 24.8 Å². The number of aliphatic hydroxyl groups excluding tert-OH is 1. The predicted octanol–water partition coefficient (Wildman–Crippen LogP) is 5.32. The van der Waals surface area contributed by atoms with Crippen LogP contribution < -0.4 is 20.0 Å². The van der Waals surface area contributed by atoms with Crippen molar-refractivity contribution in [1.82, 2.24) is 5.32 Å². The van der Waals surface area contributed by atoms with Gasteiger partial charge in [0.25, 0.3) is 11.8 Å². The van der Waals surface area contributed by atoms with Crippen molar-refractivity contribution in [2.45, 2.75) is 68.6 Å². The highest BCUT2D eigenvalue weighted by atomic mass is 28.4. The molecule has 4 aliphatic heterocycles. The van der Waals surface area contributed by atoms with E-state index in [0.29, 0.717) is 43.0 Å². The number of para-hydroxylation sites is 1. The number of rotatable bonds is 7.